The van der Waals surface area contributed by atoms with Crippen molar-refractivity contribution in [1.82, 2.24) is 19.6 Å². The fraction of sp³-hybridized carbons (Fsp3) is 0.500. The first-order valence-corrected chi connectivity index (χ1v) is 15.9. The SMILES string of the molecule is CCn1nc[n+](CC)c1N=Nc1ccc(N2CCCN(c3ccc(N=Nc4n(CC)nc[n+]4CC)cc3C)CCC2)c(C)c1. The molecule has 0 saturated carbocycles. The highest BCUT2D eigenvalue weighted by atomic mass is 15.4. The molecule has 0 aliphatic carbocycles. The Morgan fingerprint density at radius 2 is 1.02 bits per heavy atom. The number of aromatic nitrogens is 6. The predicted octanol–water partition coefficient (Wildman–Crippen LogP) is 6.29. The third-order valence-corrected chi connectivity index (χ3v) is 8.18. The second-order valence-electron chi connectivity index (χ2n) is 11.1. The van der Waals surface area contributed by atoms with Crippen LogP contribution in [-0.2, 0) is 26.2 Å². The predicted molar refractivity (Wildman–Crippen MR) is 172 cm³/mol. The molecule has 1 fully saturated rings. The lowest BCUT2D eigenvalue weighted by atomic mass is 10.1. The van der Waals surface area contributed by atoms with E-state index in [4.69, 9.17) is 0 Å². The molecular weight excluding hydrogens is 552 g/mol. The molecule has 0 bridgehead atoms. The molecule has 1 aliphatic heterocycles. The molecule has 3 heterocycles. The minimum atomic E-state index is 0.759. The van der Waals surface area contributed by atoms with Gasteiger partial charge >= 0.3 is 11.9 Å². The number of aryl methyl sites for hydroxylation is 6. The van der Waals surface area contributed by atoms with Crippen molar-refractivity contribution in [2.45, 2.75) is 80.6 Å². The monoisotopic (exact) mass is 598 g/mol. The van der Waals surface area contributed by atoms with E-state index in [0.29, 0.717) is 0 Å². The number of benzene rings is 2. The highest BCUT2D eigenvalue weighted by molar-refractivity contribution is 5.60. The number of hydrogen-bond acceptors (Lipinski definition) is 8. The Hall–Kier alpha value is -4.48. The van der Waals surface area contributed by atoms with Gasteiger partial charge in [0, 0.05) is 47.8 Å². The molecule has 2 aromatic heterocycles. The van der Waals surface area contributed by atoms with E-state index in [1.165, 1.54) is 22.5 Å². The average molecular weight is 599 g/mol. The molecule has 12 nitrogen and oxygen atoms in total. The van der Waals surface area contributed by atoms with E-state index in [2.05, 4.69) is 118 Å². The van der Waals surface area contributed by atoms with E-state index in [1.807, 2.05) is 31.2 Å². The molecule has 1 aliphatic rings. The molecule has 0 unspecified atom stereocenters. The molecule has 232 valence electrons. The smallest absolute Gasteiger partial charge is 0.371 e. The Balaban J connectivity index is 1.21. The van der Waals surface area contributed by atoms with Crippen LogP contribution in [0.3, 0.4) is 0 Å². The lowest BCUT2D eigenvalue weighted by Crippen LogP contribution is -2.37. The van der Waals surface area contributed by atoms with Crippen LogP contribution in [0.5, 0.6) is 0 Å². The van der Waals surface area contributed by atoms with Gasteiger partial charge < -0.3 is 9.80 Å². The van der Waals surface area contributed by atoms with Gasteiger partial charge in [0.1, 0.15) is 0 Å². The van der Waals surface area contributed by atoms with E-state index < -0.39 is 0 Å². The van der Waals surface area contributed by atoms with Crippen LogP contribution in [0.25, 0.3) is 0 Å². The van der Waals surface area contributed by atoms with Crippen LogP contribution in [0.4, 0.5) is 34.6 Å². The molecule has 2 aromatic carbocycles. The summed E-state index contributed by atoms with van der Waals surface area (Å²) in [6.45, 7) is 19.8. The number of hydrogen-bond donors (Lipinski definition) is 0. The minimum absolute atomic E-state index is 0.759. The average Bonchev–Trinajstić information content (AvgIpc) is 3.62. The van der Waals surface area contributed by atoms with Crippen LogP contribution >= 0.6 is 0 Å². The van der Waals surface area contributed by atoms with Gasteiger partial charge in [0.25, 0.3) is 0 Å². The zero-order chi connectivity index (χ0) is 31.1. The summed E-state index contributed by atoms with van der Waals surface area (Å²) in [6, 6.07) is 12.8. The Morgan fingerprint density at radius 1 is 0.614 bits per heavy atom. The number of azo groups is 2. The topological polar surface area (TPSA) is 99.3 Å². The Kier molecular flexibility index (Phi) is 10.1. The number of anilines is 2. The summed E-state index contributed by atoms with van der Waals surface area (Å²) in [4.78, 5) is 5.04. The van der Waals surface area contributed by atoms with E-state index in [0.717, 1.165) is 88.5 Å². The van der Waals surface area contributed by atoms with Crippen LogP contribution in [0.2, 0.25) is 0 Å². The zero-order valence-corrected chi connectivity index (χ0v) is 27.1. The van der Waals surface area contributed by atoms with Crippen LogP contribution in [0, 0.1) is 13.8 Å². The summed E-state index contributed by atoms with van der Waals surface area (Å²) in [5.74, 6) is 1.54. The van der Waals surface area contributed by atoms with Crippen molar-refractivity contribution in [3.63, 3.8) is 0 Å². The molecule has 0 radical (unpaired) electrons. The van der Waals surface area contributed by atoms with E-state index in [1.54, 1.807) is 0 Å². The third-order valence-electron chi connectivity index (χ3n) is 8.18. The van der Waals surface area contributed by atoms with Gasteiger partial charge in [-0.05, 0) is 112 Å². The van der Waals surface area contributed by atoms with Gasteiger partial charge in [0.05, 0.1) is 37.6 Å². The van der Waals surface area contributed by atoms with E-state index >= 15 is 0 Å². The lowest BCUT2D eigenvalue weighted by molar-refractivity contribution is -0.681. The van der Waals surface area contributed by atoms with Crippen molar-refractivity contribution in [3.8, 4) is 0 Å². The third kappa shape index (κ3) is 6.84. The highest BCUT2D eigenvalue weighted by Crippen LogP contribution is 2.30. The molecule has 0 spiro atoms. The van der Waals surface area contributed by atoms with Gasteiger partial charge in [-0.25, -0.2) is 9.13 Å². The minimum Gasteiger partial charge on any atom is -0.371 e. The molecule has 5 rings (SSSR count). The van der Waals surface area contributed by atoms with Crippen LogP contribution in [0.15, 0.2) is 69.5 Å². The summed E-state index contributed by atoms with van der Waals surface area (Å²) in [5, 5.41) is 26.9. The van der Waals surface area contributed by atoms with Crippen molar-refractivity contribution >= 4 is 34.6 Å². The van der Waals surface area contributed by atoms with Crippen molar-refractivity contribution < 1.29 is 9.13 Å². The maximum absolute atomic E-state index is 4.54. The maximum atomic E-state index is 4.54. The zero-order valence-electron chi connectivity index (χ0n) is 27.1. The van der Waals surface area contributed by atoms with Gasteiger partial charge in [-0.1, -0.05) is 10.2 Å². The number of nitrogens with zero attached hydrogens (tertiary/aromatic N) is 12. The maximum Gasteiger partial charge on any atom is 0.403 e. The van der Waals surface area contributed by atoms with Gasteiger partial charge in [-0.15, -0.1) is 9.36 Å². The molecule has 0 N–H and O–H groups in total. The lowest BCUT2D eigenvalue weighted by Gasteiger charge is -2.34. The highest BCUT2D eigenvalue weighted by Gasteiger charge is 2.19. The molecule has 1 saturated heterocycles. The second kappa shape index (κ2) is 14.3. The largest absolute Gasteiger partial charge is 0.403 e. The molecule has 0 amide bonds. The normalized spacial score (nSPS) is 14.6. The molecule has 0 atom stereocenters. The summed E-state index contributed by atoms with van der Waals surface area (Å²) in [6.07, 6.45) is 5.78. The summed E-state index contributed by atoms with van der Waals surface area (Å²) >= 11 is 0. The van der Waals surface area contributed by atoms with E-state index in [9.17, 15) is 0 Å². The first-order valence-electron chi connectivity index (χ1n) is 15.9. The summed E-state index contributed by atoms with van der Waals surface area (Å²) in [5.41, 5.74) is 6.71. The first-order chi connectivity index (χ1) is 21.4. The molecule has 4 aromatic rings. The van der Waals surface area contributed by atoms with Crippen molar-refractivity contribution in [1.29, 1.82) is 0 Å². The van der Waals surface area contributed by atoms with Crippen molar-refractivity contribution in [2.75, 3.05) is 36.0 Å². The standard InChI is InChI=1S/C32H46N12/c1-7-39-23-33-43(9-3)31(39)37-35-27-13-15-29(25(5)21-27)41-17-11-19-42(20-12-18-41)30-16-14-28(22-26(30)6)36-38-32-40(8-2)24-34-44(32)10-4/h13-16,21-24H,7-12,17-20H2,1-6H3/q+2. The van der Waals surface area contributed by atoms with E-state index in [-0.39, 0.29) is 0 Å². The molecule has 44 heavy (non-hydrogen) atoms. The quantitative estimate of drug-likeness (QED) is 0.158. The van der Waals surface area contributed by atoms with Gasteiger partial charge in [-0.2, -0.15) is 0 Å². The van der Waals surface area contributed by atoms with Crippen LogP contribution < -0.4 is 18.9 Å². The van der Waals surface area contributed by atoms with Crippen LogP contribution in [0.1, 0.15) is 51.7 Å². The summed E-state index contributed by atoms with van der Waals surface area (Å²) < 4.78 is 7.74. The Labute approximate surface area is 260 Å². The fourth-order valence-electron chi connectivity index (χ4n) is 5.79. The first kappa shape index (κ1) is 31.0. The second-order valence-corrected chi connectivity index (χ2v) is 11.1. The number of rotatable bonds is 10. The van der Waals surface area contributed by atoms with Crippen molar-refractivity contribution in [3.05, 3.63) is 60.2 Å². The summed E-state index contributed by atoms with van der Waals surface area (Å²) in [7, 11) is 0. The van der Waals surface area contributed by atoms with Crippen molar-refractivity contribution in [2.24, 2.45) is 20.5 Å². The Bertz CT molecular complexity index is 1440. The van der Waals surface area contributed by atoms with Gasteiger partial charge in [0.2, 0.25) is 12.7 Å². The molecule has 12 heteroatoms. The fourth-order valence-corrected chi connectivity index (χ4v) is 5.79. The van der Waals surface area contributed by atoms with Crippen LogP contribution in [-0.4, -0.2) is 45.7 Å². The van der Waals surface area contributed by atoms with Gasteiger partial charge in [-0.3, -0.25) is 0 Å². The Morgan fingerprint density at radius 3 is 1.36 bits per heavy atom. The van der Waals surface area contributed by atoms with Gasteiger partial charge in [0.15, 0.2) is 0 Å². The molecular formula is C32H46N12+2.